The maximum atomic E-state index is 13.0. The van der Waals surface area contributed by atoms with Gasteiger partial charge in [-0.15, -0.1) is 0 Å². The quantitative estimate of drug-likeness (QED) is 0.444. The molecule has 0 unspecified atom stereocenters. The molecule has 0 spiro atoms. The second-order valence-electron chi connectivity index (χ2n) is 6.55. The smallest absolute Gasteiger partial charge is 0.256 e. The monoisotopic (exact) mass is 425 g/mol. The lowest BCUT2D eigenvalue weighted by Gasteiger charge is -2.11. The number of aromatic nitrogens is 2. The summed E-state index contributed by atoms with van der Waals surface area (Å²) in [6, 6.07) is 16.2. The van der Waals surface area contributed by atoms with Crippen LogP contribution in [0.25, 0.3) is 16.9 Å². The molecule has 0 saturated heterocycles. The van der Waals surface area contributed by atoms with E-state index in [0.717, 1.165) is 11.1 Å². The van der Waals surface area contributed by atoms with Gasteiger partial charge in [-0.1, -0.05) is 35.3 Å². The summed E-state index contributed by atoms with van der Waals surface area (Å²) in [6.07, 6.45) is 1.87. The molecule has 146 valence electrons. The zero-order chi connectivity index (χ0) is 20.5. The van der Waals surface area contributed by atoms with Crippen molar-refractivity contribution in [2.24, 2.45) is 0 Å². The third-order valence-corrected chi connectivity index (χ3v) is 4.94. The Hall–Kier alpha value is -3.02. The van der Waals surface area contributed by atoms with Gasteiger partial charge in [-0.2, -0.15) is 0 Å². The molecule has 4 rings (SSSR count). The number of hydrogen-bond donors (Lipinski definition) is 1. The van der Waals surface area contributed by atoms with E-state index < -0.39 is 0 Å². The summed E-state index contributed by atoms with van der Waals surface area (Å²) in [5.74, 6) is 0.854. The van der Waals surface area contributed by atoms with Crippen LogP contribution in [-0.4, -0.2) is 22.4 Å². The van der Waals surface area contributed by atoms with Crippen molar-refractivity contribution < 1.29 is 9.53 Å². The predicted molar refractivity (Wildman–Crippen MR) is 116 cm³/mol. The van der Waals surface area contributed by atoms with Crippen molar-refractivity contribution in [3.63, 3.8) is 0 Å². The fraction of sp³-hybridized carbons (Fsp3) is 0.0909. The largest absolute Gasteiger partial charge is 0.496 e. The number of benzene rings is 2. The molecule has 4 aromatic rings. The molecule has 2 heterocycles. The Labute approximate surface area is 177 Å². The van der Waals surface area contributed by atoms with Crippen LogP contribution in [0.2, 0.25) is 10.0 Å². The van der Waals surface area contributed by atoms with Gasteiger partial charge in [0.2, 0.25) is 0 Å². The maximum Gasteiger partial charge on any atom is 0.256 e. The van der Waals surface area contributed by atoms with Gasteiger partial charge in [0, 0.05) is 27.4 Å². The van der Waals surface area contributed by atoms with Crippen molar-refractivity contribution in [2.45, 2.75) is 6.92 Å². The van der Waals surface area contributed by atoms with Crippen LogP contribution in [-0.2, 0) is 0 Å². The Balaban J connectivity index is 1.87. The van der Waals surface area contributed by atoms with Crippen molar-refractivity contribution in [3.8, 4) is 17.0 Å². The summed E-state index contributed by atoms with van der Waals surface area (Å²) < 4.78 is 7.33. The number of pyridine rings is 1. The maximum absolute atomic E-state index is 13.0. The molecule has 0 fully saturated rings. The third kappa shape index (κ3) is 3.79. The summed E-state index contributed by atoms with van der Waals surface area (Å²) in [4.78, 5) is 17.7. The van der Waals surface area contributed by atoms with Crippen LogP contribution in [0.3, 0.4) is 0 Å². The molecule has 0 aliphatic carbocycles. The number of rotatable bonds is 4. The minimum absolute atomic E-state index is 0.340. The van der Waals surface area contributed by atoms with Crippen molar-refractivity contribution >= 4 is 40.6 Å². The third-order valence-electron chi connectivity index (χ3n) is 4.50. The molecule has 0 aliphatic rings. The normalized spacial score (nSPS) is 10.9. The van der Waals surface area contributed by atoms with E-state index in [4.69, 9.17) is 32.9 Å². The molecule has 2 aromatic carbocycles. The topological polar surface area (TPSA) is 55.6 Å². The first-order chi connectivity index (χ1) is 14.0. The predicted octanol–water partition coefficient (Wildman–Crippen LogP) is 5.88. The Morgan fingerprint density at radius 2 is 1.79 bits per heavy atom. The molecule has 2 aromatic heterocycles. The number of imidazole rings is 1. The number of methoxy groups -OCH3 is 1. The second kappa shape index (κ2) is 7.78. The SMILES string of the molecule is COc1ccccc1-c1nc2cc(C)ccn2c1NC(=O)c1cc(Cl)cc(Cl)c1. The molecule has 0 saturated carbocycles. The number of nitrogens with one attached hydrogen (secondary N) is 1. The van der Waals surface area contributed by atoms with E-state index in [9.17, 15) is 4.79 Å². The van der Waals surface area contributed by atoms with Crippen LogP contribution >= 0.6 is 23.2 Å². The number of hydrogen-bond acceptors (Lipinski definition) is 3. The highest BCUT2D eigenvalue weighted by atomic mass is 35.5. The lowest BCUT2D eigenvalue weighted by molar-refractivity contribution is 0.102. The van der Waals surface area contributed by atoms with Gasteiger partial charge in [0.15, 0.2) is 0 Å². The first-order valence-corrected chi connectivity index (χ1v) is 9.61. The van der Waals surface area contributed by atoms with Gasteiger partial charge in [-0.25, -0.2) is 4.98 Å². The fourth-order valence-corrected chi connectivity index (χ4v) is 3.68. The van der Waals surface area contributed by atoms with Crippen LogP contribution < -0.4 is 10.1 Å². The van der Waals surface area contributed by atoms with Crippen LogP contribution in [0.1, 0.15) is 15.9 Å². The molecular weight excluding hydrogens is 409 g/mol. The molecule has 29 heavy (non-hydrogen) atoms. The summed E-state index contributed by atoms with van der Waals surface area (Å²) in [6.45, 7) is 1.99. The zero-order valence-electron chi connectivity index (χ0n) is 15.7. The summed E-state index contributed by atoms with van der Waals surface area (Å²) in [5, 5.41) is 3.74. The molecule has 1 amide bonds. The fourth-order valence-electron chi connectivity index (χ4n) is 3.16. The van der Waals surface area contributed by atoms with E-state index in [-0.39, 0.29) is 5.91 Å². The van der Waals surface area contributed by atoms with E-state index >= 15 is 0 Å². The van der Waals surface area contributed by atoms with Gasteiger partial charge in [0.25, 0.3) is 5.91 Å². The summed E-state index contributed by atoms with van der Waals surface area (Å²) in [7, 11) is 1.60. The summed E-state index contributed by atoms with van der Waals surface area (Å²) in [5.41, 5.74) is 3.51. The molecule has 0 aliphatic heterocycles. The molecule has 1 N–H and O–H groups in total. The Bertz CT molecular complexity index is 1210. The number of amides is 1. The van der Waals surface area contributed by atoms with E-state index in [1.165, 1.54) is 0 Å². The minimum Gasteiger partial charge on any atom is -0.496 e. The first-order valence-electron chi connectivity index (χ1n) is 8.86. The highest BCUT2D eigenvalue weighted by molar-refractivity contribution is 6.35. The minimum atomic E-state index is -0.340. The van der Waals surface area contributed by atoms with E-state index in [0.29, 0.717) is 38.5 Å². The number of nitrogens with zero attached hydrogens (tertiary/aromatic N) is 2. The highest BCUT2D eigenvalue weighted by Crippen LogP contribution is 2.35. The van der Waals surface area contributed by atoms with E-state index in [2.05, 4.69) is 5.32 Å². The van der Waals surface area contributed by atoms with Crippen LogP contribution in [0.5, 0.6) is 5.75 Å². The van der Waals surface area contributed by atoms with E-state index in [1.54, 1.807) is 25.3 Å². The summed E-state index contributed by atoms with van der Waals surface area (Å²) >= 11 is 12.1. The number of aryl methyl sites for hydroxylation is 1. The van der Waals surface area contributed by atoms with Crippen molar-refractivity contribution in [1.82, 2.24) is 9.38 Å². The Morgan fingerprint density at radius 3 is 2.52 bits per heavy atom. The van der Waals surface area contributed by atoms with Gasteiger partial charge in [-0.05, 0) is 55.0 Å². The van der Waals surface area contributed by atoms with Gasteiger partial charge in [0.05, 0.1) is 7.11 Å². The number of ether oxygens (including phenoxy) is 1. The van der Waals surface area contributed by atoms with E-state index in [1.807, 2.05) is 53.9 Å². The molecule has 7 heteroatoms. The Kier molecular flexibility index (Phi) is 5.18. The average molecular weight is 426 g/mol. The number of anilines is 1. The highest BCUT2D eigenvalue weighted by Gasteiger charge is 2.20. The number of carbonyl (C=O) groups excluding carboxylic acids is 1. The lowest BCUT2D eigenvalue weighted by Crippen LogP contribution is -2.14. The van der Waals surface area contributed by atoms with Crippen molar-refractivity contribution in [1.29, 1.82) is 0 Å². The molecular formula is C22H17Cl2N3O2. The van der Waals surface area contributed by atoms with Gasteiger partial charge >= 0.3 is 0 Å². The number of para-hydroxylation sites is 1. The number of halogens is 2. The second-order valence-corrected chi connectivity index (χ2v) is 7.43. The number of fused-ring (bicyclic) bond motifs is 1. The van der Waals surface area contributed by atoms with Crippen molar-refractivity contribution in [2.75, 3.05) is 12.4 Å². The van der Waals surface area contributed by atoms with Crippen LogP contribution in [0, 0.1) is 6.92 Å². The first kappa shape index (κ1) is 19.3. The lowest BCUT2D eigenvalue weighted by atomic mass is 10.1. The Morgan fingerprint density at radius 1 is 1.07 bits per heavy atom. The van der Waals surface area contributed by atoms with Crippen LogP contribution in [0.4, 0.5) is 5.82 Å². The van der Waals surface area contributed by atoms with Gasteiger partial charge in [0.1, 0.15) is 22.9 Å². The van der Waals surface area contributed by atoms with Gasteiger partial charge < -0.3 is 10.1 Å². The number of carbonyl (C=O) groups is 1. The standard InChI is InChI=1S/C22H17Cl2N3O2/c1-13-7-8-27-19(9-13)25-20(17-5-3-4-6-18(17)29-2)21(27)26-22(28)14-10-15(23)12-16(24)11-14/h3-12H,1-2H3,(H,26,28). The molecule has 5 nitrogen and oxygen atoms in total. The molecule has 0 bridgehead atoms. The molecule has 0 atom stereocenters. The molecule has 0 radical (unpaired) electrons. The van der Waals surface area contributed by atoms with Gasteiger partial charge in [-0.3, -0.25) is 9.20 Å². The zero-order valence-corrected chi connectivity index (χ0v) is 17.3. The van der Waals surface area contributed by atoms with Crippen molar-refractivity contribution in [3.05, 3.63) is 82.0 Å². The van der Waals surface area contributed by atoms with Crippen LogP contribution in [0.15, 0.2) is 60.8 Å². The average Bonchev–Trinajstić information content (AvgIpc) is 3.04.